The van der Waals surface area contributed by atoms with Crippen molar-refractivity contribution in [2.24, 2.45) is 4.99 Å². The lowest BCUT2D eigenvalue weighted by Gasteiger charge is -2.26. The molecule has 2 aliphatic rings. The molecule has 2 aromatic carbocycles. The molecule has 32 heavy (non-hydrogen) atoms. The third-order valence-corrected chi connectivity index (χ3v) is 6.51. The number of carbonyl (C=O) groups is 2. The first-order valence-electron chi connectivity index (χ1n) is 10.9. The van der Waals surface area contributed by atoms with Crippen LogP contribution < -0.4 is 9.80 Å². The zero-order valence-electron chi connectivity index (χ0n) is 18.5. The Kier molecular flexibility index (Phi) is 6.95. The van der Waals surface area contributed by atoms with Crippen molar-refractivity contribution in [3.05, 3.63) is 65.9 Å². The molecule has 6 nitrogen and oxygen atoms in total. The van der Waals surface area contributed by atoms with E-state index in [-0.39, 0.29) is 17.6 Å². The molecule has 0 N–H and O–H groups in total. The molecule has 2 aromatic rings. The summed E-state index contributed by atoms with van der Waals surface area (Å²) in [7, 11) is 3.98. The number of para-hydroxylation sites is 1. The van der Waals surface area contributed by atoms with Gasteiger partial charge in [-0.25, -0.2) is 4.99 Å². The van der Waals surface area contributed by atoms with E-state index in [1.165, 1.54) is 18.2 Å². The van der Waals surface area contributed by atoms with Gasteiger partial charge >= 0.3 is 0 Å². The molecule has 166 valence electrons. The first-order valence-corrected chi connectivity index (χ1v) is 11.9. The van der Waals surface area contributed by atoms with Gasteiger partial charge in [-0.2, -0.15) is 0 Å². The van der Waals surface area contributed by atoms with Gasteiger partial charge in [0.15, 0.2) is 5.17 Å². The number of likely N-dealkylation sites (tertiary alicyclic amines) is 1. The van der Waals surface area contributed by atoms with Crippen LogP contribution in [0.5, 0.6) is 0 Å². The number of anilines is 2. The van der Waals surface area contributed by atoms with Crippen molar-refractivity contribution in [2.75, 3.05) is 42.7 Å². The third-order valence-electron chi connectivity index (χ3n) is 5.59. The van der Waals surface area contributed by atoms with Crippen LogP contribution >= 0.6 is 11.8 Å². The lowest BCUT2D eigenvalue weighted by atomic mass is 10.1. The molecule has 0 bridgehead atoms. The molecule has 0 saturated carbocycles. The van der Waals surface area contributed by atoms with E-state index in [2.05, 4.69) is 4.99 Å². The van der Waals surface area contributed by atoms with Crippen molar-refractivity contribution >= 4 is 46.2 Å². The Labute approximate surface area is 193 Å². The van der Waals surface area contributed by atoms with Crippen LogP contribution in [0.1, 0.15) is 24.8 Å². The van der Waals surface area contributed by atoms with Gasteiger partial charge in [-0.15, -0.1) is 0 Å². The lowest BCUT2D eigenvalue weighted by molar-refractivity contribution is -0.129. The Balaban J connectivity index is 1.56. The van der Waals surface area contributed by atoms with Gasteiger partial charge in [-0.1, -0.05) is 42.1 Å². The summed E-state index contributed by atoms with van der Waals surface area (Å²) in [5.41, 5.74) is 3.12. The van der Waals surface area contributed by atoms with E-state index in [0.29, 0.717) is 10.9 Å². The van der Waals surface area contributed by atoms with Crippen LogP contribution in [0.3, 0.4) is 0 Å². The van der Waals surface area contributed by atoms with Crippen molar-refractivity contribution in [1.82, 2.24) is 4.90 Å². The van der Waals surface area contributed by atoms with Gasteiger partial charge in [0.1, 0.15) is 5.70 Å². The quantitative estimate of drug-likeness (QED) is 0.642. The van der Waals surface area contributed by atoms with Crippen molar-refractivity contribution in [3.63, 3.8) is 0 Å². The van der Waals surface area contributed by atoms with Crippen LogP contribution in [0.25, 0.3) is 6.08 Å². The third kappa shape index (κ3) is 5.05. The number of carbonyl (C=O) groups excluding carboxylic acids is 2. The van der Waals surface area contributed by atoms with E-state index in [0.717, 1.165) is 42.9 Å². The molecule has 1 saturated heterocycles. The molecular formula is C25H28N4O2S. The van der Waals surface area contributed by atoms with Crippen molar-refractivity contribution in [1.29, 1.82) is 0 Å². The zero-order chi connectivity index (χ0) is 22.5. The second kappa shape index (κ2) is 10.0. The summed E-state index contributed by atoms with van der Waals surface area (Å²) in [5.74, 6) is 0.204. The monoisotopic (exact) mass is 448 g/mol. The van der Waals surface area contributed by atoms with Gasteiger partial charge in [-0.05, 0) is 55.2 Å². The highest BCUT2D eigenvalue weighted by Crippen LogP contribution is 2.30. The maximum absolute atomic E-state index is 13.3. The smallest absolute Gasteiger partial charge is 0.283 e. The van der Waals surface area contributed by atoms with Gasteiger partial charge in [0.2, 0.25) is 5.91 Å². The van der Waals surface area contributed by atoms with E-state index in [1.807, 2.05) is 78.5 Å². The van der Waals surface area contributed by atoms with Gasteiger partial charge in [0, 0.05) is 32.9 Å². The maximum Gasteiger partial charge on any atom is 0.283 e. The van der Waals surface area contributed by atoms with Gasteiger partial charge in [0.05, 0.1) is 11.4 Å². The Hall–Kier alpha value is -3.06. The molecule has 0 spiro atoms. The number of hydrogen-bond acceptors (Lipinski definition) is 5. The number of thioether (sulfide) groups is 1. The number of piperidine rings is 1. The van der Waals surface area contributed by atoms with Crippen LogP contribution in [0.15, 0.2) is 65.3 Å². The van der Waals surface area contributed by atoms with E-state index in [9.17, 15) is 9.59 Å². The van der Waals surface area contributed by atoms with Crippen molar-refractivity contribution in [2.45, 2.75) is 19.3 Å². The van der Waals surface area contributed by atoms with Crippen LogP contribution in [-0.2, 0) is 9.59 Å². The summed E-state index contributed by atoms with van der Waals surface area (Å²) in [6.45, 7) is 1.64. The topological polar surface area (TPSA) is 56.2 Å². The zero-order valence-corrected chi connectivity index (χ0v) is 19.3. The number of hydrogen-bond donors (Lipinski definition) is 0. The predicted octanol–water partition coefficient (Wildman–Crippen LogP) is 4.24. The lowest BCUT2D eigenvalue weighted by Crippen LogP contribution is -2.38. The number of aliphatic imine (C=N–C) groups is 1. The van der Waals surface area contributed by atoms with Gasteiger partial charge in [0.25, 0.3) is 5.91 Å². The van der Waals surface area contributed by atoms with E-state index < -0.39 is 0 Å². The average Bonchev–Trinajstić information content (AvgIpc) is 3.13. The highest BCUT2D eigenvalue weighted by atomic mass is 32.2. The number of amides is 2. The average molecular weight is 449 g/mol. The summed E-state index contributed by atoms with van der Waals surface area (Å²) < 4.78 is 0. The van der Waals surface area contributed by atoms with Crippen LogP contribution in [0.4, 0.5) is 11.4 Å². The van der Waals surface area contributed by atoms with Crippen LogP contribution in [-0.4, -0.2) is 54.8 Å². The Morgan fingerprint density at radius 1 is 1.03 bits per heavy atom. The predicted molar refractivity (Wildman–Crippen MR) is 133 cm³/mol. The Morgan fingerprint density at radius 3 is 2.38 bits per heavy atom. The SMILES string of the molecule is CN(C)c1ccc(/C=C2/N=C(SCC(=O)N3CCCCC3)N(c3ccccc3)C2=O)cc1. The van der Waals surface area contributed by atoms with Crippen molar-refractivity contribution < 1.29 is 9.59 Å². The number of nitrogens with zero attached hydrogens (tertiary/aromatic N) is 4. The first-order chi connectivity index (χ1) is 15.5. The second-order valence-corrected chi connectivity index (χ2v) is 9.06. The Bertz CT molecular complexity index is 1030. The summed E-state index contributed by atoms with van der Waals surface area (Å²) in [4.78, 5) is 36.1. The van der Waals surface area contributed by atoms with E-state index in [1.54, 1.807) is 11.0 Å². The van der Waals surface area contributed by atoms with Gasteiger partial charge < -0.3 is 9.80 Å². The molecule has 2 heterocycles. The second-order valence-electron chi connectivity index (χ2n) is 8.12. The minimum atomic E-state index is -0.180. The number of amidine groups is 1. The molecule has 0 unspecified atom stereocenters. The molecule has 2 aliphatic heterocycles. The summed E-state index contributed by atoms with van der Waals surface area (Å²) in [5, 5.41) is 0.544. The first kappa shape index (κ1) is 22.1. The molecule has 2 amide bonds. The van der Waals surface area contributed by atoms with Crippen LogP contribution in [0, 0.1) is 0 Å². The fourth-order valence-corrected chi connectivity index (χ4v) is 4.70. The van der Waals surface area contributed by atoms with E-state index in [4.69, 9.17) is 0 Å². The molecule has 0 aromatic heterocycles. The van der Waals surface area contributed by atoms with Crippen molar-refractivity contribution in [3.8, 4) is 0 Å². The highest BCUT2D eigenvalue weighted by molar-refractivity contribution is 8.14. The molecule has 0 aliphatic carbocycles. The fourth-order valence-electron chi connectivity index (χ4n) is 3.79. The molecule has 0 atom stereocenters. The number of rotatable bonds is 5. The minimum Gasteiger partial charge on any atom is -0.378 e. The molecule has 4 rings (SSSR count). The standard InChI is InChI=1S/C25H28N4O2S/c1-27(2)20-13-11-19(12-14-20)17-22-24(31)29(21-9-5-3-6-10-21)25(26-22)32-18-23(30)28-15-7-4-8-16-28/h3,5-6,9-14,17H,4,7-8,15-16,18H2,1-2H3/b22-17+. The summed E-state index contributed by atoms with van der Waals surface area (Å²) >= 11 is 1.33. The van der Waals surface area contributed by atoms with Gasteiger partial charge in [-0.3, -0.25) is 14.5 Å². The largest absolute Gasteiger partial charge is 0.378 e. The molecular weight excluding hydrogens is 420 g/mol. The normalized spacial score (nSPS) is 17.6. The number of benzene rings is 2. The summed E-state index contributed by atoms with van der Waals surface area (Å²) in [6, 6.07) is 17.4. The molecule has 0 radical (unpaired) electrons. The highest BCUT2D eigenvalue weighted by Gasteiger charge is 2.32. The maximum atomic E-state index is 13.3. The Morgan fingerprint density at radius 2 is 1.72 bits per heavy atom. The molecule has 1 fully saturated rings. The minimum absolute atomic E-state index is 0.106. The van der Waals surface area contributed by atoms with Crippen LogP contribution in [0.2, 0.25) is 0 Å². The molecule has 7 heteroatoms. The fraction of sp³-hybridized carbons (Fsp3) is 0.320. The van der Waals surface area contributed by atoms with E-state index >= 15 is 0 Å². The summed E-state index contributed by atoms with van der Waals surface area (Å²) in [6.07, 6.45) is 5.11.